The number of rotatable bonds is 1. The highest BCUT2D eigenvalue weighted by Crippen LogP contribution is 2.23. The third-order valence-corrected chi connectivity index (χ3v) is 2.48. The fraction of sp³-hybridized carbons (Fsp3) is 0.556. The molecule has 1 aliphatic heterocycles. The second kappa shape index (κ2) is 3.81. The van der Waals surface area contributed by atoms with E-state index in [1.165, 1.54) is 0 Å². The molecule has 2 heterocycles. The first-order chi connectivity index (χ1) is 6.36. The topological polar surface area (TPSA) is 55.0 Å². The number of hydrogen-bond donors (Lipinski definition) is 1. The van der Waals surface area contributed by atoms with E-state index >= 15 is 0 Å². The summed E-state index contributed by atoms with van der Waals surface area (Å²) in [6, 6.07) is 1.85. The lowest BCUT2D eigenvalue weighted by molar-refractivity contribution is 0.214. The monoisotopic (exact) mass is 178 g/mol. The first kappa shape index (κ1) is 8.59. The van der Waals surface area contributed by atoms with Gasteiger partial charge in [0.2, 0.25) is 0 Å². The minimum atomic E-state index is 0.501. The van der Waals surface area contributed by atoms with Crippen LogP contribution in [0.2, 0.25) is 0 Å². The van der Waals surface area contributed by atoms with Gasteiger partial charge in [0.15, 0.2) is 0 Å². The van der Waals surface area contributed by atoms with Gasteiger partial charge in [0.05, 0.1) is 0 Å². The Morgan fingerprint density at radius 2 is 1.85 bits per heavy atom. The fourth-order valence-electron chi connectivity index (χ4n) is 1.68. The average Bonchev–Trinajstić information content (AvgIpc) is 2.20. The second-order valence-corrected chi connectivity index (χ2v) is 3.42. The highest BCUT2D eigenvalue weighted by atomic mass is 15.4. The highest BCUT2D eigenvalue weighted by molar-refractivity contribution is 4.98. The molecular weight excluding hydrogens is 164 g/mol. The van der Waals surface area contributed by atoms with Crippen molar-refractivity contribution in [3.63, 3.8) is 0 Å². The van der Waals surface area contributed by atoms with Crippen LogP contribution in [0.15, 0.2) is 18.5 Å². The molecule has 0 unspecified atom stereocenters. The molecule has 1 aliphatic rings. The number of piperidine rings is 1. The molecule has 1 aromatic heterocycles. The molecule has 0 amide bonds. The third-order valence-electron chi connectivity index (χ3n) is 2.48. The molecule has 0 radical (unpaired) electrons. The quantitative estimate of drug-likeness (QED) is 0.637. The van der Waals surface area contributed by atoms with Crippen LogP contribution in [-0.2, 0) is 0 Å². The summed E-state index contributed by atoms with van der Waals surface area (Å²) in [7, 11) is 0. The van der Waals surface area contributed by atoms with Gasteiger partial charge in [-0.15, -0.1) is 0 Å². The van der Waals surface area contributed by atoms with E-state index < -0.39 is 0 Å². The van der Waals surface area contributed by atoms with Crippen LogP contribution >= 0.6 is 0 Å². The van der Waals surface area contributed by atoms with E-state index in [0.29, 0.717) is 5.92 Å². The lowest BCUT2D eigenvalue weighted by Gasteiger charge is -2.27. The van der Waals surface area contributed by atoms with Gasteiger partial charge in [0.1, 0.15) is 5.82 Å². The van der Waals surface area contributed by atoms with Crippen molar-refractivity contribution in [2.24, 2.45) is 5.84 Å². The van der Waals surface area contributed by atoms with Gasteiger partial charge in [0, 0.05) is 31.4 Å². The van der Waals surface area contributed by atoms with Crippen molar-refractivity contribution >= 4 is 0 Å². The van der Waals surface area contributed by atoms with Crippen LogP contribution in [0.5, 0.6) is 0 Å². The molecule has 1 aromatic rings. The second-order valence-electron chi connectivity index (χ2n) is 3.42. The molecule has 1 fully saturated rings. The summed E-state index contributed by atoms with van der Waals surface area (Å²) in [6.07, 6.45) is 5.75. The summed E-state index contributed by atoms with van der Waals surface area (Å²) < 4.78 is 0. The SMILES string of the molecule is NN1CCC(c2ncccn2)CC1. The molecule has 0 saturated carbocycles. The number of hydrogen-bond acceptors (Lipinski definition) is 4. The maximum Gasteiger partial charge on any atom is 0.131 e. The fourth-order valence-corrected chi connectivity index (χ4v) is 1.68. The summed E-state index contributed by atoms with van der Waals surface area (Å²) in [6.45, 7) is 1.89. The molecular formula is C9H14N4. The summed E-state index contributed by atoms with van der Waals surface area (Å²) in [5.41, 5.74) is 0. The van der Waals surface area contributed by atoms with Crippen LogP contribution in [-0.4, -0.2) is 28.1 Å². The minimum absolute atomic E-state index is 0.501. The number of nitrogens with zero attached hydrogens (tertiary/aromatic N) is 3. The molecule has 13 heavy (non-hydrogen) atoms. The number of nitrogens with two attached hydrogens (primary N) is 1. The summed E-state index contributed by atoms with van der Waals surface area (Å²) in [5.74, 6) is 7.14. The lowest BCUT2D eigenvalue weighted by atomic mass is 9.97. The largest absolute Gasteiger partial charge is 0.269 e. The molecule has 70 valence electrons. The van der Waals surface area contributed by atoms with Gasteiger partial charge in [-0.05, 0) is 18.9 Å². The van der Waals surface area contributed by atoms with E-state index in [9.17, 15) is 0 Å². The molecule has 0 bridgehead atoms. The Balaban J connectivity index is 2.03. The van der Waals surface area contributed by atoms with Crippen LogP contribution in [0, 0.1) is 0 Å². The zero-order chi connectivity index (χ0) is 9.10. The molecule has 2 rings (SSSR count). The van der Waals surface area contributed by atoms with E-state index in [1.807, 2.05) is 11.1 Å². The van der Waals surface area contributed by atoms with Gasteiger partial charge in [-0.1, -0.05) is 0 Å². The molecule has 4 heteroatoms. The molecule has 0 aromatic carbocycles. The van der Waals surface area contributed by atoms with Gasteiger partial charge < -0.3 is 0 Å². The third kappa shape index (κ3) is 2.02. The maximum atomic E-state index is 5.67. The molecule has 4 nitrogen and oxygen atoms in total. The van der Waals surface area contributed by atoms with Crippen LogP contribution in [0.25, 0.3) is 0 Å². The van der Waals surface area contributed by atoms with Crippen molar-refractivity contribution in [2.75, 3.05) is 13.1 Å². The predicted octanol–water partition coefficient (Wildman–Crippen LogP) is 0.530. The highest BCUT2D eigenvalue weighted by Gasteiger charge is 2.20. The summed E-state index contributed by atoms with van der Waals surface area (Å²) in [5, 5.41) is 1.86. The normalized spacial score (nSPS) is 20.4. The molecule has 1 saturated heterocycles. The van der Waals surface area contributed by atoms with Gasteiger partial charge in [-0.2, -0.15) is 0 Å². The van der Waals surface area contributed by atoms with Crippen molar-refractivity contribution in [1.82, 2.24) is 15.0 Å². The Morgan fingerprint density at radius 3 is 2.46 bits per heavy atom. The predicted molar refractivity (Wildman–Crippen MR) is 49.8 cm³/mol. The minimum Gasteiger partial charge on any atom is -0.269 e. The van der Waals surface area contributed by atoms with Gasteiger partial charge >= 0.3 is 0 Å². The van der Waals surface area contributed by atoms with Crippen molar-refractivity contribution in [1.29, 1.82) is 0 Å². The van der Waals surface area contributed by atoms with E-state index in [1.54, 1.807) is 12.4 Å². The standard InChI is InChI=1S/C9H14N4/c10-13-6-2-8(3-7-13)9-11-4-1-5-12-9/h1,4-5,8H,2-3,6-7,10H2. The zero-order valence-electron chi connectivity index (χ0n) is 7.56. The van der Waals surface area contributed by atoms with Crippen molar-refractivity contribution in [3.05, 3.63) is 24.3 Å². The molecule has 0 atom stereocenters. The van der Waals surface area contributed by atoms with Crippen LogP contribution in [0.4, 0.5) is 0 Å². The lowest BCUT2D eigenvalue weighted by Crippen LogP contribution is -2.38. The Morgan fingerprint density at radius 1 is 1.23 bits per heavy atom. The van der Waals surface area contributed by atoms with Crippen LogP contribution < -0.4 is 5.84 Å². The Bertz CT molecular complexity index is 254. The zero-order valence-corrected chi connectivity index (χ0v) is 7.56. The summed E-state index contributed by atoms with van der Waals surface area (Å²) in [4.78, 5) is 8.51. The Kier molecular flexibility index (Phi) is 2.52. The molecule has 2 N–H and O–H groups in total. The van der Waals surface area contributed by atoms with Crippen LogP contribution in [0.3, 0.4) is 0 Å². The number of hydrazine groups is 1. The van der Waals surface area contributed by atoms with E-state index in [4.69, 9.17) is 5.84 Å². The summed E-state index contributed by atoms with van der Waals surface area (Å²) >= 11 is 0. The molecule has 0 spiro atoms. The van der Waals surface area contributed by atoms with Crippen LogP contribution in [0.1, 0.15) is 24.6 Å². The van der Waals surface area contributed by atoms with E-state index in [-0.39, 0.29) is 0 Å². The van der Waals surface area contributed by atoms with Crippen molar-refractivity contribution < 1.29 is 0 Å². The van der Waals surface area contributed by atoms with Crippen molar-refractivity contribution in [2.45, 2.75) is 18.8 Å². The van der Waals surface area contributed by atoms with Gasteiger partial charge in [-0.25, -0.2) is 15.0 Å². The van der Waals surface area contributed by atoms with Crippen molar-refractivity contribution in [3.8, 4) is 0 Å². The Hall–Kier alpha value is -1.00. The average molecular weight is 178 g/mol. The maximum absolute atomic E-state index is 5.67. The molecule has 0 aliphatic carbocycles. The van der Waals surface area contributed by atoms with Gasteiger partial charge in [-0.3, -0.25) is 5.84 Å². The first-order valence-corrected chi connectivity index (χ1v) is 4.63. The van der Waals surface area contributed by atoms with E-state index in [2.05, 4.69) is 9.97 Å². The van der Waals surface area contributed by atoms with E-state index in [0.717, 1.165) is 31.8 Å². The first-order valence-electron chi connectivity index (χ1n) is 4.63. The van der Waals surface area contributed by atoms with Gasteiger partial charge in [0.25, 0.3) is 0 Å². The number of aromatic nitrogens is 2. The smallest absolute Gasteiger partial charge is 0.131 e. The Labute approximate surface area is 77.8 Å².